The fourth-order valence-corrected chi connectivity index (χ4v) is 4.30. The zero-order chi connectivity index (χ0) is 21.7. The van der Waals surface area contributed by atoms with Crippen molar-refractivity contribution >= 4 is 21.6 Å². The van der Waals surface area contributed by atoms with E-state index in [1.807, 2.05) is 44.2 Å². The molecule has 1 amide bonds. The summed E-state index contributed by atoms with van der Waals surface area (Å²) in [6.45, 7) is 3.95. The van der Waals surface area contributed by atoms with Crippen LogP contribution >= 0.6 is 0 Å². The first kappa shape index (κ1) is 21.7. The van der Waals surface area contributed by atoms with Crippen molar-refractivity contribution in [3.63, 3.8) is 0 Å². The zero-order valence-corrected chi connectivity index (χ0v) is 18.1. The number of benzene rings is 2. The van der Waals surface area contributed by atoms with Crippen LogP contribution in [0.15, 0.2) is 64.0 Å². The van der Waals surface area contributed by atoms with Gasteiger partial charge in [0.2, 0.25) is 15.9 Å². The van der Waals surface area contributed by atoms with Gasteiger partial charge in [0.05, 0.1) is 10.6 Å². The monoisotopic (exact) mass is 427 g/mol. The lowest BCUT2D eigenvalue weighted by Gasteiger charge is -2.17. The maximum atomic E-state index is 12.8. The summed E-state index contributed by atoms with van der Waals surface area (Å²) in [5.41, 5.74) is 3.18. The molecule has 0 aliphatic heterocycles. The normalized spacial score (nSPS) is 11.6. The number of hydrogen-bond donors (Lipinski definition) is 1. The Hall–Kier alpha value is -2.97. The number of aryl methyl sites for hydroxylation is 2. The van der Waals surface area contributed by atoms with Gasteiger partial charge in [-0.2, -0.15) is 4.31 Å². The molecule has 0 saturated carbocycles. The van der Waals surface area contributed by atoms with Crippen LogP contribution in [0, 0.1) is 13.8 Å². The summed E-state index contributed by atoms with van der Waals surface area (Å²) in [5, 5.41) is 6.68. The Balaban J connectivity index is 1.60. The summed E-state index contributed by atoms with van der Waals surface area (Å²) in [6.07, 6.45) is 0.812. The molecular formula is C22H25N3O4S. The van der Waals surface area contributed by atoms with E-state index >= 15 is 0 Å². The van der Waals surface area contributed by atoms with Gasteiger partial charge in [-0.25, -0.2) is 8.42 Å². The van der Waals surface area contributed by atoms with Crippen LogP contribution in [0.2, 0.25) is 0 Å². The number of rotatable bonds is 8. The molecule has 0 aliphatic rings. The van der Waals surface area contributed by atoms with Crippen LogP contribution < -0.4 is 5.32 Å². The number of anilines is 1. The van der Waals surface area contributed by atoms with Crippen molar-refractivity contribution in [3.05, 3.63) is 77.2 Å². The second-order valence-electron chi connectivity index (χ2n) is 7.12. The maximum Gasteiger partial charge on any atom is 0.243 e. The average molecular weight is 428 g/mol. The number of hydrogen-bond acceptors (Lipinski definition) is 5. The maximum absolute atomic E-state index is 12.8. The highest BCUT2D eigenvalue weighted by molar-refractivity contribution is 7.89. The minimum atomic E-state index is -3.63. The molecule has 0 atom stereocenters. The molecule has 158 valence electrons. The number of nitrogens with one attached hydrogen (secondary N) is 1. The van der Waals surface area contributed by atoms with Crippen molar-refractivity contribution in [2.75, 3.05) is 12.4 Å². The van der Waals surface area contributed by atoms with Crippen LogP contribution in [0.5, 0.6) is 0 Å². The standard InChI is InChI=1S/C22H25N3O4S/c1-16-21(17(2)29-24-16)13-14-22(26)23-19-9-11-20(12-10-19)30(27,28)25(3)15-18-7-5-4-6-8-18/h4-12H,13-15H2,1-3H3,(H,23,26). The van der Waals surface area contributed by atoms with E-state index in [4.69, 9.17) is 4.52 Å². The summed E-state index contributed by atoms with van der Waals surface area (Å²) in [4.78, 5) is 12.4. The van der Waals surface area contributed by atoms with Crippen LogP contribution in [0.4, 0.5) is 5.69 Å². The van der Waals surface area contributed by atoms with Crippen LogP contribution in [0.1, 0.15) is 29.0 Å². The SMILES string of the molecule is Cc1noc(C)c1CCC(=O)Nc1ccc(S(=O)(=O)N(C)Cc2ccccc2)cc1. The molecule has 8 heteroatoms. The van der Waals surface area contributed by atoms with Crippen molar-refractivity contribution in [1.29, 1.82) is 0 Å². The van der Waals surface area contributed by atoms with Gasteiger partial charge >= 0.3 is 0 Å². The topological polar surface area (TPSA) is 92.5 Å². The van der Waals surface area contributed by atoms with Crippen LogP contribution in [0.3, 0.4) is 0 Å². The largest absolute Gasteiger partial charge is 0.361 e. The van der Waals surface area contributed by atoms with Gasteiger partial charge in [-0.3, -0.25) is 4.79 Å². The number of carbonyl (C=O) groups excluding carboxylic acids is 1. The zero-order valence-electron chi connectivity index (χ0n) is 17.3. The van der Waals surface area contributed by atoms with E-state index in [-0.39, 0.29) is 23.8 Å². The van der Waals surface area contributed by atoms with Gasteiger partial charge in [0, 0.05) is 31.3 Å². The van der Waals surface area contributed by atoms with Crippen molar-refractivity contribution in [3.8, 4) is 0 Å². The first-order valence-electron chi connectivity index (χ1n) is 9.59. The third-order valence-corrected chi connectivity index (χ3v) is 6.70. The summed E-state index contributed by atoms with van der Waals surface area (Å²) >= 11 is 0. The summed E-state index contributed by atoms with van der Waals surface area (Å²) < 4.78 is 32.0. The molecule has 0 aliphatic carbocycles. The van der Waals surface area contributed by atoms with Gasteiger partial charge in [0.15, 0.2) is 0 Å². The predicted molar refractivity (Wildman–Crippen MR) is 114 cm³/mol. The Morgan fingerprint density at radius 3 is 2.33 bits per heavy atom. The van der Waals surface area contributed by atoms with Crippen LogP contribution in [-0.4, -0.2) is 30.8 Å². The molecule has 3 aromatic rings. The molecule has 0 unspecified atom stereocenters. The molecule has 7 nitrogen and oxygen atoms in total. The van der Waals surface area contributed by atoms with Crippen molar-refractivity contribution in [1.82, 2.24) is 9.46 Å². The molecule has 0 saturated heterocycles. The molecule has 0 bridgehead atoms. The first-order chi connectivity index (χ1) is 14.3. The number of aromatic nitrogens is 1. The summed E-state index contributed by atoms with van der Waals surface area (Å²) in [6, 6.07) is 15.6. The van der Waals surface area contributed by atoms with Crippen molar-refractivity contribution < 1.29 is 17.7 Å². The lowest BCUT2D eigenvalue weighted by atomic mass is 10.1. The summed E-state index contributed by atoms with van der Waals surface area (Å²) in [7, 11) is -2.08. The quantitative estimate of drug-likeness (QED) is 0.592. The minimum Gasteiger partial charge on any atom is -0.361 e. The Kier molecular flexibility index (Phi) is 6.69. The molecule has 1 heterocycles. The highest BCUT2D eigenvalue weighted by Gasteiger charge is 2.21. The molecule has 0 radical (unpaired) electrons. The molecule has 1 aromatic heterocycles. The second kappa shape index (κ2) is 9.23. The number of amides is 1. The predicted octanol–water partition coefficient (Wildman–Crippen LogP) is 3.68. The lowest BCUT2D eigenvalue weighted by molar-refractivity contribution is -0.116. The van der Waals surface area contributed by atoms with E-state index < -0.39 is 10.0 Å². The van der Waals surface area contributed by atoms with E-state index in [9.17, 15) is 13.2 Å². The molecule has 0 fully saturated rings. The minimum absolute atomic E-state index is 0.160. The second-order valence-corrected chi connectivity index (χ2v) is 9.17. The van der Waals surface area contributed by atoms with E-state index in [0.29, 0.717) is 12.1 Å². The Morgan fingerprint density at radius 1 is 1.07 bits per heavy atom. The van der Waals surface area contributed by atoms with Crippen LogP contribution in [0.25, 0.3) is 0 Å². The molecule has 30 heavy (non-hydrogen) atoms. The molecule has 0 spiro atoms. The number of sulfonamides is 1. The van der Waals surface area contributed by atoms with Gasteiger partial charge in [-0.15, -0.1) is 0 Å². The number of nitrogens with zero attached hydrogens (tertiary/aromatic N) is 2. The molecule has 1 N–H and O–H groups in total. The Bertz CT molecular complexity index is 1090. The Morgan fingerprint density at radius 2 is 1.73 bits per heavy atom. The highest BCUT2D eigenvalue weighted by atomic mass is 32.2. The Labute approximate surface area is 176 Å². The van der Waals surface area contributed by atoms with Gasteiger partial charge in [-0.1, -0.05) is 35.5 Å². The highest BCUT2D eigenvalue weighted by Crippen LogP contribution is 2.20. The van der Waals surface area contributed by atoms with Crippen LogP contribution in [-0.2, 0) is 27.8 Å². The molecular weight excluding hydrogens is 402 g/mol. The fourth-order valence-electron chi connectivity index (χ4n) is 3.14. The van der Waals surface area contributed by atoms with E-state index in [2.05, 4.69) is 10.5 Å². The molecule has 3 rings (SSSR count). The van der Waals surface area contributed by atoms with E-state index in [1.54, 1.807) is 19.2 Å². The number of carbonyl (C=O) groups is 1. The molecule has 2 aromatic carbocycles. The third-order valence-electron chi connectivity index (χ3n) is 4.88. The summed E-state index contributed by atoms with van der Waals surface area (Å²) in [5.74, 6) is 0.557. The van der Waals surface area contributed by atoms with E-state index in [1.165, 1.54) is 16.4 Å². The fraction of sp³-hybridized carbons (Fsp3) is 0.273. The van der Waals surface area contributed by atoms with Gasteiger partial charge in [-0.05, 0) is 50.1 Å². The van der Waals surface area contributed by atoms with Gasteiger partial charge < -0.3 is 9.84 Å². The smallest absolute Gasteiger partial charge is 0.243 e. The first-order valence-corrected chi connectivity index (χ1v) is 11.0. The third kappa shape index (κ3) is 5.14. The van der Waals surface area contributed by atoms with Gasteiger partial charge in [0.25, 0.3) is 0 Å². The average Bonchev–Trinajstić information content (AvgIpc) is 3.05. The van der Waals surface area contributed by atoms with Gasteiger partial charge in [0.1, 0.15) is 5.76 Å². The van der Waals surface area contributed by atoms with Crippen molar-refractivity contribution in [2.24, 2.45) is 0 Å². The lowest BCUT2D eigenvalue weighted by Crippen LogP contribution is -2.26. The van der Waals surface area contributed by atoms with Crippen molar-refractivity contribution in [2.45, 2.75) is 38.1 Å². The van der Waals surface area contributed by atoms with E-state index in [0.717, 1.165) is 22.6 Å².